The van der Waals surface area contributed by atoms with Gasteiger partial charge in [-0.15, -0.1) is 0 Å². The van der Waals surface area contributed by atoms with Gasteiger partial charge in [-0.3, -0.25) is 4.79 Å². The molecule has 1 aliphatic carbocycles. The number of nitrogens with one attached hydrogen (secondary N) is 1. The topological polar surface area (TPSA) is 89.3 Å². The third-order valence-electron chi connectivity index (χ3n) is 4.21. The summed E-state index contributed by atoms with van der Waals surface area (Å²) in [4.78, 5) is 12.2. The second kappa shape index (κ2) is 6.15. The number of carbonyl (C=O) groups is 1. The molecule has 0 saturated heterocycles. The van der Waals surface area contributed by atoms with Crippen LogP contribution in [0.4, 0.5) is 0 Å². The van der Waals surface area contributed by atoms with Crippen molar-refractivity contribution in [2.45, 2.75) is 38.0 Å². The lowest BCUT2D eigenvalue weighted by Gasteiger charge is -2.16. The van der Waals surface area contributed by atoms with E-state index in [0.717, 1.165) is 6.42 Å². The summed E-state index contributed by atoms with van der Waals surface area (Å²) in [5.41, 5.74) is 1.03. The summed E-state index contributed by atoms with van der Waals surface area (Å²) >= 11 is 0. The van der Waals surface area contributed by atoms with Gasteiger partial charge in [0.2, 0.25) is 10.0 Å². The van der Waals surface area contributed by atoms with Crippen molar-refractivity contribution in [3.05, 3.63) is 29.3 Å². The van der Waals surface area contributed by atoms with Crippen LogP contribution < -0.4 is 10.5 Å². The van der Waals surface area contributed by atoms with Crippen LogP contribution in [0.25, 0.3) is 0 Å². The van der Waals surface area contributed by atoms with Crippen molar-refractivity contribution in [3.8, 4) is 0 Å². The Kier molecular flexibility index (Phi) is 4.68. The van der Waals surface area contributed by atoms with Crippen LogP contribution >= 0.6 is 0 Å². The number of sulfonamides is 1. The third-order valence-corrected chi connectivity index (χ3v) is 5.10. The summed E-state index contributed by atoms with van der Waals surface area (Å²) in [5.74, 6) is 0.891. The van der Waals surface area contributed by atoms with Crippen LogP contribution in [0.15, 0.2) is 23.1 Å². The molecule has 5 nitrogen and oxygen atoms in total. The molecule has 2 rings (SSSR count). The van der Waals surface area contributed by atoms with Crippen LogP contribution in [0.5, 0.6) is 0 Å². The summed E-state index contributed by atoms with van der Waals surface area (Å²) in [6.45, 7) is 4.58. The van der Waals surface area contributed by atoms with Crippen molar-refractivity contribution in [2.75, 3.05) is 6.54 Å². The number of benzene rings is 1. The van der Waals surface area contributed by atoms with E-state index >= 15 is 0 Å². The molecule has 1 aromatic rings. The highest BCUT2D eigenvalue weighted by Gasteiger charge is 2.24. The van der Waals surface area contributed by atoms with Crippen molar-refractivity contribution >= 4 is 15.9 Å². The maximum Gasteiger partial charge on any atom is 0.251 e. The van der Waals surface area contributed by atoms with Gasteiger partial charge in [0.25, 0.3) is 5.91 Å². The van der Waals surface area contributed by atoms with Gasteiger partial charge in [-0.05, 0) is 48.9 Å². The standard InChI is InChI=1S/C15H22N2O3S/c1-10-6-13(8-14(7-10)21(16,19)20)15(18)17-9-12-5-3-4-11(12)2/h6-8,11-12H,3-5,9H2,1-2H3,(H,17,18)(H2,16,19,20). The quantitative estimate of drug-likeness (QED) is 0.888. The van der Waals surface area contributed by atoms with E-state index in [1.54, 1.807) is 13.0 Å². The predicted molar refractivity (Wildman–Crippen MR) is 81.4 cm³/mol. The second-order valence-corrected chi connectivity index (χ2v) is 7.52. The summed E-state index contributed by atoms with van der Waals surface area (Å²) in [6.07, 6.45) is 3.56. The van der Waals surface area contributed by atoms with Crippen molar-refractivity contribution < 1.29 is 13.2 Å². The monoisotopic (exact) mass is 310 g/mol. The van der Waals surface area contributed by atoms with Gasteiger partial charge in [-0.25, -0.2) is 13.6 Å². The number of hydrogen-bond acceptors (Lipinski definition) is 3. The first-order valence-electron chi connectivity index (χ1n) is 7.20. The van der Waals surface area contributed by atoms with E-state index in [2.05, 4.69) is 12.2 Å². The van der Waals surface area contributed by atoms with Crippen molar-refractivity contribution in [1.82, 2.24) is 5.32 Å². The van der Waals surface area contributed by atoms with Crippen LogP contribution in [0.2, 0.25) is 0 Å². The first-order chi connectivity index (χ1) is 9.77. The highest BCUT2D eigenvalue weighted by molar-refractivity contribution is 7.89. The van der Waals surface area contributed by atoms with Gasteiger partial charge in [-0.1, -0.05) is 19.8 Å². The Bertz CT molecular complexity index is 640. The molecular formula is C15H22N2O3S. The van der Waals surface area contributed by atoms with Gasteiger partial charge < -0.3 is 5.32 Å². The van der Waals surface area contributed by atoms with E-state index in [9.17, 15) is 13.2 Å². The van der Waals surface area contributed by atoms with Crippen LogP contribution in [-0.4, -0.2) is 20.9 Å². The molecule has 0 bridgehead atoms. The van der Waals surface area contributed by atoms with E-state index in [1.807, 2.05) is 0 Å². The molecule has 2 unspecified atom stereocenters. The number of hydrogen-bond donors (Lipinski definition) is 2. The number of amides is 1. The molecule has 1 aromatic carbocycles. The fourth-order valence-corrected chi connectivity index (χ4v) is 3.54. The number of primary sulfonamides is 1. The van der Waals surface area contributed by atoms with Gasteiger partial charge in [0.1, 0.15) is 0 Å². The van der Waals surface area contributed by atoms with E-state index in [1.165, 1.54) is 25.0 Å². The van der Waals surface area contributed by atoms with Crippen molar-refractivity contribution in [2.24, 2.45) is 17.0 Å². The van der Waals surface area contributed by atoms with Gasteiger partial charge in [0.05, 0.1) is 4.90 Å². The lowest BCUT2D eigenvalue weighted by atomic mass is 9.98. The zero-order valence-corrected chi connectivity index (χ0v) is 13.2. The Labute approximate surface area is 126 Å². The van der Waals surface area contributed by atoms with Crippen LogP contribution in [0.3, 0.4) is 0 Å². The molecule has 6 heteroatoms. The Morgan fingerprint density at radius 2 is 2.05 bits per heavy atom. The van der Waals surface area contributed by atoms with Crippen molar-refractivity contribution in [3.63, 3.8) is 0 Å². The molecule has 2 atom stereocenters. The molecule has 0 heterocycles. The van der Waals surface area contributed by atoms with Crippen molar-refractivity contribution in [1.29, 1.82) is 0 Å². The molecule has 0 spiro atoms. The first-order valence-corrected chi connectivity index (χ1v) is 8.74. The van der Waals surface area contributed by atoms with E-state index in [0.29, 0.717) is 29.5 Å². The Balaban J connectivity index is 2.10. The zero-order chi connectivity index (χ0) is 15.6. The Morgan fingerprint density at radius 3 is 2.62 bits per heavy atom. The summed E-state index contributed by atoms with van der Waals surface area (Å²) in [5, 5.41) is 8.03. The largest absolute Gasteiger partial charge is 0.352 e. The maximum atomic E-state index is 12.2. The van der Waals surface area contributed by atoms with Gasteiger partial charge in [0, 0.05) is 12.1 Å². The fourth-order valence-electron chi connectivity index (χ4n) is 2.89. The molecule has 1 fully saturated rings. The molecule has 21 heavy (non-hydrogen) atoms. The minimum atomic E-state index is -3.80. The van der Waals surface area contributed by atoms with Gasteiger partial charge in [-0.2, -0.15) is 0 Å². The minimum Gasteiger partial charge on any atom is -0.352 e. The minimum absolute atomic E-state index is 0.0260. The average molecular weight is 310 g/mol. The highest BCUT2D eigenvalue weighted by Crippen LogP contribution is 2.30. The highest BCUT2D eigenvalue weighted by atomic mass is 32.2. The molecular weight excluding hydrogens is 288 g/mol. The lowest BCUT2D eigenvalue weighted by molar-refractivity contribution is 0.0944. The molecule has 1 aliphatic rings. The molecule has 0 radical (unpaired) electrons. The van der Waals surface area contributed by atoms with E-state index < -0.39 is 10.0 Å². The number of rotatable bonds is 4. The van der Waals surface area contributed by atoms with Gasteiger partial charge >= 0.3 is 0 Å². The number of nitrogens with two attached hydrogens (primary N) is 1. The molecule has 0 aliphatic heterocycles. The summed E-state index contributed by atoms with van der Waals surface area (Å²) in [6, 6.07) is 4.46. The fraction of sp³-hybridized carbons (Fsp3) is 0.533. The van der Waals surface area contributed by atoms with Crippen LogP contribution in [-0.2, 0) is 10.0 Å². The SMILES string of the molecule is Cc1cc(C(=O)NCC2CCCC2C)cc(S(N)(=O)=O)c1. The molecule has 3 N–H and O–H groups in total. The molecule has 1 amide bonds. The van der Waals surface area contributed by atoms with Crippen LogP contribution in [0, 0.1) is 18.8 Å². The normalized spacial score (nSPS) is 22.2. The van der Waals surface area contributed by atoms with E-state index in [-0.39, 0.29) is 10.8 Å². The first kappa shape index (κ1) is 16.0. The zero-order valence-electron chi connectivity index (χ0n) is 12.4. The molecule has 1 saturated carbocycles. The maximum absolute atomic E-state index is 12.2. The second-order valence-electron chi connectivity index (χ2n) is 5.96. The van der Waals surface area contributed by atoms with Gasteiger partial charge in [0.15, 0.2) is 0 Å². The summed E-state index contributed by atoms with van der Waals surface area (Å²) < 4.78 is 22.8. The van der Waals surface area contributed by atoms with Crippen LogP contribution in [0.1, 0.15) is 42.1 Å². The Hall–Kier alpha value is -1.40. The van der Waals surface area contributed by atoms with E-state index in [4.69, 9.17) is 5.14 Å². The predicted octanol–water partition coefficient (Wildman–Crippen LogP) is 1.81. The molecule has 116 valence electrons. The molecule has 0 aromatic heterocycles. The average Bonchev–Trinajstić information content (AvgIpc) is 2.79. The smallest absolute Gasteiger partial charge is 0.251 e. The summed E-state index contributed by atoms with van der Waals surface area (Å²) in [7, 11) is -3.80. The third kappa shape index (κ3) is 4.04. The lowest BCUT2D eigenvalue weighted by Crippen LogP contribution is -2.30. The Morgan fingerprint density at radius 1 is 1.33 bits per heavy atom. The number of carbonyl (C=O) groups excluding carboxylic acids is 1. The number of aryl methyl sites for hydroxylation is 1.